The first-order chi connectivity index (χ1) is 14.6. The van der Waals surface area contributed by atoms with Crippen LogP contribution in [-0.4, -0.2) is 20.6 Å². The standard InChI is InChI=1S/C22H23ClN4O4/c1-13-5-6-14(2)20(9-13)31-19-11-17(10-18(12-19)27(29)30)24-21(28)7-8-26-16(4)22(23)15(3)25-26/h5-6,9-12H,7-8H2,1-4H3,(H,24,28). The summed E-state index contributed by atoms with van der Waals surface area (Å²) in [6, 6.07) is 9.91. The van der Waals surface area contributed by atoms with Crippen molar-refractivity contribution in [2.75, 3.05) is 5.32 Å². The van der Waals surface area contributed by atoms with E-state index in [0.29, 0.717) is 23.0 Å². The Morgan fingerprint density at radius 2 is 1.94 bits per heavy atom. The zero-order valence-corrected chi connectivity index (χ0v) is 18.5. The van der Waals surface area contributed by atoms with Gasteiger partial charge in [0.1, 0.15) is 11.5 Å². The van der Waals surface area contributed by atoms with E-state index in [4.69, 9.17) is 16.3 Å². The van der Waals surface area contributed by atoms with Gasteiger partial charge in [-0.15, -0.1) is 0 Å². The number of nitrogens with zero attached hydrogens (tertiary/aromatic N) is 3. The van der Waals surface area contributed by atoms with E-state index < -0.39 is 4.92 Å². The Morgan fingerprint density at radius 3 is 2.58 bits per heavy atom. The van der Waals surface area contributed by atoms with E-state index in [0.717, 1.165) is 16.8 Å². The molecule has 0 aliphatic carbocycles. The van der Waals surface area contributed by atoms with Crippen LogP contribution >= 0.6 is 11.6 Å². The minimum atomic E-state index is -0.524. The molecule has 1 aromatic heterocycles. The molecule has 0 fully saturated rings. The maximum Gasteiger partial charge on any atom is 0.275 e. The quantitative estimate of drug-likeness (QED) is 0.384. The second kappa shape index (κ2) is 9.18. The average molecular weight is 443 g/mol. The summed E-state index contributed by atoms with van der Waals surface area (Å²) in [5.41, 5.74) is 3.49. The first-order valence-corrected chi connectivity index (χ1v) is 10.1. The molecule has 0 atom stereocenters. The van der Waals surface area contributed by atoms with E-state index in [1.807, 2.05) is 39.0 Å². The van der Waals surface area contributed by atoms with Crippen molar-refractivity contribution >= 4 is 28.9 Å². The molecule has 0 saturated heterocycles. The molecule has 0 spiro atoms. The highest BCUT2D eigenvalue weighted by Gasteiger charge is 2.15. The van der Waals surface area contributed by atoms with E-state index in [1.165, 1.54) is 12.1 Å². The summed E-state index contributed by atoms with van der Waals surface area (Å²) in [5, 5.41) is 18.9. The van der Waals surface area contributed by atoms with E-state index in [2.05, 4.69) is 10.4 Å². The predicted octanol–water partition coefficient (Wildman–Crippen LogP) is 5.50. The first-order valence-electron chi connectivity index (χ1n) is 9.68. The van der Waals surface area contributed by atoms with Crippen LogP contribution in [0.2, 0.25) is 5.02 Å². The number of aryl methyl sites for hydroxylation is 4. The van der Waals surface area contributed by atoms with Gasteiger partial charge >= 0.3 is 0 Å². The van der Waals surface area contributed by atoms with Crippen LogP contribution < -0.4 is 10.1 Å². The van der Waals surface area contributed by atoms with Gasteiger partial charge < -0.3 is 10.1 Å². The fraction of sp³-hybridized carbons (Fsp3) is 0.273. The van der Waals surface area contributed by atoms with Crippen LogP contribution in [-0.2, 0) is 11.3 Å². The minimum Gasteiger partial charge on any atom is -0.457 e. The molecule has 0 radical (unpaired) electrons. The lowest BCUT2D eigenvalue weighted by Crippen LogP contribution is -2.15. The number of nitro benzene ring substituents is 1. The molecule has 1 N–H and O–H groups in total. The monoisotopic (exact) mass is 442 g/mol. The van der Waals surface area contributed by atoms with Crippen molar-refractivity contribution in [1.29, 1.82) is 0 Å². The third-order valence-corrected chi connectivity index (χ3v) is 5.35. The van der Waals surface area contributed by atoms with E-state index >= 15 is 0 Å². The van der Waals surface area contributed by atoms with Gasteiger partial charge in [-0.3, -0.25) is 19.6 Å². The van der Waals surface area contributed by atoms with Gasteiger partial charge in [-0.05, 0) is 44.9 Å². The summed E-state index contributed by atoms with van der Waals surface area (Å²) in [7, 11) is 0. The van der Waals surface area contributed by atoms with Crippen molar-refractivity contribution in [3.63, 3.8) is 0 Å². The summed E-state index contributed by atoms with van der Waals surface area (Å²) in [6.07, 6.45) is 0.133. The van der Waals surface area contributed by atoms with Crippen LogP contribution in [0.3, 0.4) is 0 Å². The summed E-state index contributed by atoms with van der Waals surface area (Å²) >= 11 is 6.13. The SMILES string of the molecule is Cc1ccc(C)c(Oc2cc(NC(=O)CCn3nc(C)c(Cl)c3C)cc([N+](=O)[O-])c2)c1. The number of benzene rings is 2. The fourth-order valence-corrected chi connectivity index (χ4v) is 3.22. The highest BCUT2D eigenvalue weighted by Crippen LogP contribution is 2.32. The van der Waals surface area contributed by atoms with Gasteiger partial charge in [0.15, 0.2) is 0 Å². The van der Waals surface area contributed by atoms with Gasteiger partial charge in [0, 0.05) is 18.6 Å². The van der Waals surface area contributed by atoms with E-state index in [1.54, 1.807) is 17.7 Å². The smallest absolute Gasteiger partial charge is 0.275 e. The number of hydrogen-bond donors (Lipinski definition) is 1. The van der Waals surface area contributed by atoms with Crippen molar-refractivity contribution in [3.05, 3.63) is 74.0 Å². The molecular formula is C22H23ClN4O4. The highest BCUT2D eigenvalue weighted by atomic mass is 35.5. The maximum absolute atomic E-state index is 12.4. The van der Waals surface area contributed by atoms with Gasteiger partial charge in [0.2, 0.25) is 5.91 Å². The minimum absolute atomic E-state index is 0.133. The number of hydrogen-bond acceptors (Lipinski definition) is 5. The van der Waals surface area contributed by atoms with Gasteiger partial charge in [0.25, 0.3) is 5.69 Å². The maximum atomic E-state index is 12.4. The number of rotatable bonds is 7. The molecule has 0 saturated carbocycles. The van der Waals surface area contributed by atoms with Gasteiger partial charge in [-0.25, -0.2) is 0 Å². The second-order valence-electron chi connectivity index (χ2n) is 7.35. The lowest BCUT2D eigenvalue weighted by atomic mass is 10.1. The van der Waals surface area contributed by atoms with Crippen LogP contribution in [0.15, 0.2) is 36.4 Å². The van der Waals surface area contributed by atoms with Gasteiger partial charge in [0.05, 0.1) is 39.6 Å². The molecule has 8 nitrogen and oxygen atoms in total. The zero-order valence-electron chi connectivity index (χ0n) is 17.7. The molecule has 162 valence electrons. The van der Waals surface area contributed by atoms with E-state index in [-0.39, 0.29) is 29.5 Å². The van der Waals surface area contributed by atoms with Crippen molar-refractivity contribution in [3.8, 4) is 11.5 Å². The van der Waals surface area contributed by atoms with Crippen molar-refractivity contribution in [1.82, 2.24) is 9.78 Å². The van der Waals surface area contributed by atoms with Crippen molar-refractivity contribution in [2.45, 2.75) is 40.7 Å². The molecule has 2 aromatic carbocycles. The number of carbonyl (C=O) groups excluding carboxylic acids is 1. The molecule has 9 heteroatoms. The Kier molecular flexibility index (Phi) is 6.60. The molecule has 0 unspecified atom stereocenters. The molecule has 31 heavy (non-hydrogen) atoms. The number of carbonyl (C=O) groups is 1. The third-order valence-electron chi connectivity index (χ3n) is 4.80. The topological polar surface area (TPSA) is 99.3 Å². The molecule has 1 heterocycles. The normalized spacial score (nSPS) is 10.7. The number of amides is 1. The third kappa shape index (κ3) is 5.40. The molecule has 3 rings (SSSR count). The number of nitro groups is 1. The molecule has 3 aromatic rings. The number of ether oxygens (including phenoxy) is 1. The van der Waals surface area contributed by atoms with E-state index in [9.17, 15) is 14.9 Å². The average Bonchev–Trinajstić information content (AvgIpc) is 2.95. The predicted molar refractivity (Wildman–Crippen MR) is 119 cm³/mol. The van der Waals surface area contributed by atoms with Crippen LogP contribution in [0.25, 0.3) is 0 Å². The van der Waals surface area contributed by atoms with Crippen LogP contribution in [0.5, 0.6) is 11.5 Å². The van der Waals surface area contributed by atoms with Crippen molar-refractivity contribution in [2.24, 2.45) is 0 Å². The van der Waals surface area contributed by atoms with Crippen molar-refractivity contribution < 1.29 is 14.5 Å². The molecule has 1 amide bonds. The fourth-order valence-electron chi connectivity index (χ4n) is 3.09. The summed E-state index contributed by atoms with van der Waals surface area (Å²) in [4.78, 5) is 23.3. The summed E-state index contributed by atoms with van der Waals surface area (Å²) < 4.78 is 7.55. The van der Waals surface area contributed by atoms with Crippen LogP contribution in [0, 0.1) is 37.8 Å². The number of non-ortho nitro benzene ring substituents is 1. The molecule has 0 aliphatic rings. The number of halogens is 1. The number of anilines is 1. The Balaban J connectivity index is 1.76. The van der Waals surface area contributed by atoms with Crippen LogP contribution in [0.1, 0.15) is 28.9 Å². The number of aromatic nitrogens is 2. The van der Waals surface area contributed by atoms with Gasteiger partial charge in [-0.2, -0.15) is 5.10 Å². The summed E-state index contributed by atoms with van der Waals surface area (Å²) in [5.74, 6) is 0.560. The Bertz CT molecular complexity index is 1160. The second-order valence-corrected chi connectivity index (χ2v) is 7.73. The van der Waals surface area contributed by atoms with Crippen LogP contribution in [0.4, 0.5) is 11.4 Å². The van der Waals surface area contributed by atoms with Gasteiger partial charge in [-0.1, -0.05) is 23.7 Å². The largest absolute Gasteiger partial charge is 0.457 e. The highest BCUT2D eigenvalue weighted by molar-refractivity contribution is 6.31. The first kappa shape index (κ1) is 22.3. The Labute approximate surface area is 184 Å². The lowest BCUT2D eigenvalue weighted by Gasteiger charge is -2.12. The zero-order chi connectivity index (χ0) is 22.7. The summed E-state index contributed by atoms with van der Waals surface area (Å²) in [6.45, 7) is 7.79. The Hall–Kier alpha value is -3.39. The molecular weight excluding hydrogens is 420 g/mol. The Morgan fingerprint density at radius 1 is 1.19 bits per heavy atom. The molecule has 0 bridgehead atoms. The lowest BCUT2D eigenvalue weighted by molar-refractivity contribution is -0.384. The number of nitrogens with one attached hydrogen (secondary N) is 1. The molecule has 0 aliphatic heterocycles.